The summed E-state index contributed by atoms with van der Waals surface area (Å²) in [4.78, 5) is 3.95. The second kappa shape index (κ2) is 5.05. The molecule has 19 heavy (non-hydrogen) atoms. The zero-order valence-electron chi connectivity index (χ0n) is 10.6. The summed E-state index contributed by atoms with van der Waals surface area (Å²) in [5.74, 6) is 0. The van der Waals surface area contributed by atoms with E-state index in [1.54, 1.807) is 37.3 Å². The van der Waals surface area contributed by atoms with E-state index in [4.69, 9.17) is 0 Å². The van der Waals surface area contributed by atoms with Crippen LogP contribution in [0.3, 0.4) is 0 Å². The molecule has 0 aliphatic rings. The second-order valence-corrected chi connectivity index (χ2v) is 4.24. The van der Waals surface area contributed by atoms with Crippen LogP contribution in [0.1, 0.15) is 22.9 Å². The van der Waals surface area contributed by atoms with Gasteiger partial charge in [0.25, 0.3) is 0 Å². The molecule has 3 nitrogen and oxygen atoms in total. The maximum absolute atomic E-state index is 13.0. The van der Waals surface area contributed by atoms with Crippen LogP contribution < -0.4 is 5.32 Å². The molecule has 0 amide bonds. The number of hydrogen-bond donors (Lipinski definition) is 1. The molecule has 1 atom stereocenters. The van der Waals surface area contributed by atoms with Gasteiger partial charge in [-0.1, -0.05) is 18.2 Å². The first-order chi connectivity index (χ1) is 8.95. The molecular formula is C13H14F3N3. The summed E-state index contributed by atoms with van der Waals surface area (Å²) >= 11 is 0. The van der Waals surface area contributed by atoms with Crippen molar-refractivity contribution in [1.82, 2.24) is 14.9 Å². The monoisotopic (exact) mass is 269 g/mol. The van der Waals surface area contributed by atoms with Crippen LogP contribution in [0, 0.1) is 0 Å². The smallest absolute Gasteiger partial charge is 0.336 e. The highest BCUT2D eigenvalue weighted by Gasteiger charge is 2.35. The fourth-order valence-electron chi connectivity index (χ4n) is 2.12. The van der Waals surface area contributed by atoms with Gasteiger partial charge in [0.2, 0.25) is 0 Å². The summed E-state index contributed by atoms with van der Waals surface area (Å²) in [7, 11) is 3.38. The number of hydrogen-bond acceptors (Lipinski definition) is 2. The maximum Gasteiger partial charge on any atom is 0.416 e. The molecule has 2 aromatic rings. The van der Waals surface area contributed by atoms with Crippen LogP contribution >= 0.6 is 0 Å². The minimum atomic E-state index is -4.37. The minimum absolute atomic E-state index is 0.195. The number of nitrogens with one attached hydrogen (secondary N) is 1. The summed E-state index contributed by atoms with van der Waals surface area (Å²) in [5, 5.41) is 2.91. The van der Waals surface area contributed by atoms with E-state index in [0.29, 0.717) is 5.69 Å². The highest BCUT2D eigenvalue weighted by Crippen LogP contribution is 2.36. The molecule has 1 N–H and O–H groups in total. The Kier molecular flexibility index (Phi) is 3.61. The van der Waals surface area contributed by atoms with Gasteiger partial charge < -0.3 is 9.88 Å². The summed E-state index contributed by atoms with van der Waals surface area (Å²) < 4.78 is 40.8. The van der Waals surface area contributed by atoms with Crippen LogP contribution in [0.25, 0.3) is 0 Å². The molecule has 0 saturated carbocycles. The lowest BCUT2D eigenvalue weighted by atomic mass is 9.98. The number of halogens is 3. The lowest BCUT2D eigenvalue weighted by Crippen LogP contribution is -2.23. The first-order valence-electron chi connectivity index (χ1n) is 5.74. The van der Waals surface area contributed by atoms with Crippen molar-refractivity contribution in [3.05, 3.63) is 53.6 Å². The molecule has 0 saturated heterocycles. The van der Waals surface area contributed by atoms with E-state index >= 15 is 0 Å². The van der Waals surface area contributed by atoms with Crippen molar-refractivity contribution in [2.24, 2.45) is 7.05 Å². The van der Waals surface area contributed by atoms with E-state index in [2.05, 4.69) is 10.3 Å². The van der Waals surface area contributed by atoms with Crippen LogP contribution in [0.5, 0.6) is 0 Å². The molecule has 2 rings (SSSR count). The van der Waals surface area contributed by atoms with Crippen LogP contribution in [0.15, 0.2) is 36.8 Å². The molecule has 1 unspecified atom stereocenters. The van der Waals surface area contributed by atoms with Gasteiger partial charge >= 0.3 is 6.18 Å². The number of aromatic nitrogens is 2. The van der Waals surface area contributed by atoms with E-state index < -0.39 is 17.8 Å². The Morgan fingerprint density at radius 3 is 2.47 bits per heavy atom. The lowest BCUT2D eigenvalue weighted by molar-refractivity contribution is -0.138. The predicted molar refractivity (Wildman–Crippen MR) is 65.6 cm³/mol. The number of aryl methyl sites for hydroxylation is 1. The van der Waals surface area contributed by atoms with Crippen LogP contribution in [0.4, 0.5) is 13.2 Å². The van der Waals surface area contributed by atoms with Crippen molar-refractivity contribution >= 4 is 0 Å². The molecule has 0 fully saturated rings. The molecule has 1 aromatic heterocycles. The van der Waals surface area contributed by atoms with Crippen molar-refractivity contribution in [1.29, 1.82) is 0 Å². The quantitative estimate of drug-likeness (QED) is 0.928. The largest absolute Gasteiger partial charge is 0.416 e. The molecule has 102 valence electrons. The molecule has 0 aliphatic heterocycles. The number of imidazole rings is 1. The summed E-state index contributed by atoms with van der Waals surface area (Å²) in [6.45, 7) is 0. The normalized spacial score (nSPS) is 13.5. The van der Waals surface area contributed by atoms with E-state index in [9.17, 15) is 13.2 Å². The van der Waals surface area contributed by atoms with Gasteiger partial charge in [-0.3, -0.25) is 0 Å². The fourth-order valence-corrected chi connectivity index (χ4v) is 2.12. The molecule has 0 spiro atoms. The van der Waals surface area contributed by atoms with Crippen molar-refractivity contribution in [2.75, 3.05) is 7.05 Å². The van der Waals surface area contributed by atoms with Gasteiger partial charge in [-0.2, -0.15) is 13.2 Å². The molecule has 0 bridgehead atoms. The number of rotatable bonds is 3. The third-order valence-corrected chi connectivity index (χ3v) is 3.02. The summed E-state index contributed by atoms with van der Waals surface area (Å²) in [5.41, 5.74) is 0.246. The number of alkyl halides is 3. The Morgan fingerprint density at radius 1 is 1.26 bits per heavy atom. The van der Waals surface area contributed by atoms with Crippen LogP contribution in [-0.4, -0.2) is 16.6 Å². The van der Waals surface area contributed by atoms with E-state index in [-0.39, 0.29) is 5.56 Å². The van der Waals surface area contributed by atoms with Gasteiger partial charge in [0.1, 0.15) is 0 Å². The Hall–Kier alpha value is -1.82. The van der Waals surface area contributed by atoms with Crippen LogP contribution in [0.2, 0.25) is 0 Å². The molecule has 0 aliphatic carbocycles. The Bertz CT molecular complexity index is 560. The zero-order valence-corrected chi connectivity index (χ0v) is 10.6. The standard InChI is InChI=1S/C13H14F3N3/c1-17-12(11-7-18-8-19(11)2)9-5-3-4-6-10(9)13(14,15)16/h3-8,12,17H,1-2H3. The Morgan fingerprint density at radius 2 is 1.95 bits per heavy atom. The SMILES string of the molecule is CNC(c1ccccc1C(F)(F)F)c1cncn1C. The van der Waals surface area contributed by atoms with Gasteiger partial charge in [-0.25, -0.2) is 4.98 Å². The van der Waals surface area contributed by atoms with Gasteiger partial charge in [-0.15, -0.1) is 0 Å². The van der Waals surface area contributed by atoms with E-state index in [1.165, 1.54) is 12.1 Å². The van der Waals surface area contributed by atoms with Gasteiger partial charge in [0.15, 0.2) is 0 Å². The Balaban J connectivity index is 2.54. The van der Waals surface area contributed by atoms with Crippen molar-refractivity contribution < 1.29 is 13.2 Å². The average Bonchev–Trinajstić information content (AvgIpc) is 2.76. The maximum atomic E-state index is 13.0. The molecular weight excluding hydrogens is 255 g/mol. The third kappa shape index (κ3) is 2.63. The summed E-state index contributed by atoms with van der Waals surface area (Å²) in [6.07, 6.45) is -1.24. The van der Waals surface area contributed by atoms with Gasteiger partial charge in [0.05, 0.1) is 29.8 Å². The zero-order chi connectivity index (χ0) is 14.0. The third-order valence-electron chi connectivity index (χ3n) is 3.02. The Labute approximate surface area is 109 Å². The van der Waals surface area contributed by atoms with Crippen LogP contribution in [-0.2, 0) is 13.2 Å². The van der Waals surface area contributed by atoms with Gasteiger partial charge in [-0.05, 0) is 18.7 Å². The first-order valence-corrected chi connectivity index (χ1v) is 5.74. The van der Waals surface area contributed by atoms with E-state index in [1.807, 2.05) is 0 Å². The number of nitrogens with zero attached hydrogens (tertiary/aromatic N) is 2. The van der Waals surface area contributed by atoms with Crippen molar-refractivity contribution in [3.63, 3.8) is 0 Å². The topological polar surface area (TPSA) is 29.9 Å². The second-order valence-electron chi connectivity index (χ2n) is 4.24. The van der Waals surface area contributed by atoms with Gasteiger partial charge in [0, 0.05) is 7.05 Å². The molecule has 1 aromatic carbocycles. The molecule has 6 heteroatoms. The van der Waals surface area contributed by atoms with Crippen molar-refractivity contribution in [3.8, 4) is 0 Å². The fraction of sp³-hybridized carbons (Fsp3) is 0.308. The highest BCUT2D eigenvalue weighted by atomic mass is 19.4. The van der Waals surface area contributed by atoms with E-state index in [0.717, 1.165) is 6.07 Å². The first kappa shape index (κ1) is 13.6. The molecule has 0 radical (unpaired) electrons. The minimum Gasteiger partial charge on any atom is -0.336 e. The lowest BCUT2D eigenvalue weighted by Gasteiger charge is -2.21. The highest BCUT2D eigenvalue weighted by molar-refractivity contribution is 5.36. The van der Waals surface area contributed by atoms with Crippen molar-refractivity contribution in [2.45, 2.75) is 12.2 Å². The predicted octanol–water partition coefficient (Wildman–Crippen LogP) is 2.75. The average molecular weight is 269 g/mol. The molecule has 1 heterocycles. The number of benzene rings is 1. The summed E-state index contributed by atoms with van der Waals surface area (Å²) in [6, 6.07) is 5.02.